The number of hydrogen-bond acceptors (Lipinski definition) is 5. The van der Waals surface area contributed by atoms with Crippen LogP contribution in [0.15, 0.2) is 0 Å². The van der Waals surface area contributed by atoms with E-state index in [0.717, 1.165) is 13.1 Å². The molecule has 7 heteroatoms. The summed E-state index contributed by atoms with van der Waals surface area (Å²) in [5, 5.41) is 9.23. The predicted molar refractivity (Wildman–Crippen MR) is 61.8 cm³/mol. The van der Waals surface area contributed by atoms with Crippen molar-refractivity contribution in [1.29, 1.82) is 0 Å². The average Bonchev–Trinajstić information content (AvgIpc) is 2.66. The first kappa shape index (κ1) is 12.3. The van der Waals surface area contributed by atoms with Gasteiger partial charge in [0.15, 0.2) is 0 Å². The van der Waals surface area contributed by atoms with E-state index >= 15 is 0 Å². The number of amides is 1. The number of carbonyl (C=O) groups is 1. The van der Waals surface area contributed by atoms with Gasteiger partial charge in [0.2, 0.25) is 17.8 Å². The highest BCUT2D eigenvalue weighted by molar-refractivity contribution is 5.76. The van der Waals surface area contributed by atoms with Crippen molar-refractivity contribution in [2.75, 3.05) is 30.7 Å². The van der Waals surface area contributed by atoms with Gasteiger partial charge in [-0.05, 0) is 13.8 Å². The molecule has 4 N–H and O–H groups in total. The number of aromatic nitrogens is 3. The van der Waals surface area contributed by atoms with Gasteiger partial charge in [-0.25, -0.2) is 5.10 Å². The molecule has 1 amide bonds. The molecule has 1 aromatic rings. The first-order valence-corrected chi connectivity index (χ1v) is 5.36. The lowest BCUT2D eigenvalue weighted by atomic mass is 10.3. The van der Waals surface area contributed by atoms with Crippen LogP contribution < -0.4 is 11.1 Å². The van der Waals surface area contributed by atoms with Crippen LogP contribution in [0.2, 0.25) is 0 Å². The quantitative estimate of drug-likeness (QED) is 0.636. The second kappa shape index (κ2) is 5.94. The molecule has 0 fully saturated rings. The van der Waals surface area contributed by atoms with Crippen LogP contribution in [-0.2, 0) is 4.79 Å². The van der Waals surface area contributed by atoms with Gasteiger partial charge in [0, 0.05) is 26.1 Å². The summed E-state index contributed by atoms with van der Waals surface area (Å²) in [7, 11) is 0. The first-order valence-electron chi connectivity index (χ1n) is 5.36. The lowest BCUT2D eigenvalue weighted by molar-refractivity contribution is -0.130. The second-order valence-corrected chi connectivity index (χ2v) is 3.29. The van der Waals surface area contributed by atoms with Crippen LogP contribution in [0.3, 0.4) is 0 Å². The zero-order valence-electron chi connectivity index (χ0n) is 9.66. The second-order valence-electron chi connectivity index (χ2n) is 3.29. The SMILES string of the molecule is CCN(CC)C(=O)CCNc1n[nH]c(N)n1. The van der Waals surface area contributed by atoms with Crippen LogP contribution in [-0.4, -0.2) is 45.6 Å². The zero-order chi connectivity index (χ0) is 12.0. The Hall–Kier alpha value is -1.79. The molecule has 1 rings (SSSR count). The molecule has 0 radical (unpaired) electrons. The Kier molecular flexibility index (Phi) is 4.56. The largest absolute Gasteiger partial charge is 0.368 e. The van der Waals surface area contributed by atoms with Crippen molar-refractivity contribution in [3.63, 3.8) is 0 Å². The molecule has 1 heterocycles. The molecule has 0 unspecified atom stereocenters. The molecule has 0 saturated carbocycles. The first-order chi connectivity index (χ1) is 7.67. The number of nitrogen functional groups attached to an aromatic ring is 1. The number of nitrogens with one attached hydrogen (secondary N) is 2. The van der Waals surface area contributed by atoms with E-state index in [0.29, 0.717) is 18.9 Å². The molecule has 0 aliphatic carbocycles. The fraction of sp³-hybridized carbons (Fsp3) is 0.667. The van der Waals surface area contributed by atoms with Crippen LogP contribution in [0.25, 0.3) is 0 Å². The van der Waals surface area contributed by atoms with Crippen molar-refractivity contribution < 1.29 is 4.79 Å². The minimum absolute atomic E-state index is 0.126. The number of rotatable bonds is 6. The Labute approximate surface area is 94.4 Å². The molecule has 0 spiro atoms. The van der Waals surface area contributed by atoms with Crippen molar-refractivity contribution in [2.24, 2.45) is 0 Å². The van der Waals surface area contributed by atoms with Gasteiger partial charge in [0.05, 0.1) is 0 Å². The minimum atomic E-state index is 0.126. The fourth-order valence-corrected chi connectivity index (χ4v) is 1.37. The van der Waals surface area contributed by atoms with E-state index in [1.807, 2.05) is 13.8 Å². The molecular weight excluding hydrogens is 208 g/mol. The smallest absolute Gasteiger partial charge is 0.243 e. The average molecular weight is 226 g/mol. The summed E-state index contributed by atoms with van der Waals surface area (Å²) in [6, 6.07) is 0. The summed E-state index contributed by atoms with van der Waals surface area (Å²) in [6.45, 7) is 5.91. The number of nitrogens with zero attached hydrogens (tertiary/aromatic N) is 3. The van der Waals surface area contributed by atoms with Crippen molar-refractivity contribution in [3.05, 3.63) is 0 Å². The molecule has 90 valence electrons. The van der Waals surface area contributed by atoms with Crippen LogP contribution in [0.5, 0.6) is 0 Å². The molecule has 0 saturated heterocycles. The number of anilines is 2. The number of aromatic amines is 1. The third-order valence-electron chi connectivity index (χ3n) is 2.24. The van der Waals surface area contributed by atoms with Gasteiger partial charge in [-0.3, -0.25) is 4.79 Å². The molecule has 0 aromatic carbocycles. The predicted octanol–water partition coefficient (Wildman–Crippen LogP) is 0.0573. The third-order valence-corrected chi connectivity index (χ3v) is 2.24. The number of hydrogen-bond donors (Lipinski definition) is 3. The van der Waals surface area contributed by atoms with Gasteiger partial charge in [0.25, 0.3) is 0 Å². The van der Waals surface area contributed by atoms with E-state index in [4.69, 9.17) is 5.73 Å². The van der Waals surface area contributed by atoms with Gasteiger partial charge in [-0.2, -0.15) is 4.98 Å². The standard InChI is InChI=1S/C9H18N6O/c1-3-15(4-2)7(16)5-6-11-9-12-8(10)13-14-9/h3-6H2,1-2H3,(H4,10,11,12,13,14). The summed E-state index contributed by atoms with van der Waals surface area (Å²) in [5.74, 6) is 0.809. The van der Waals surface area contributed by atoms with Crippen molar-refractivity contribution in [3.8, 4) is 0 Å². The molecular formula is C9H18N6O. The van der Waals surface area contributed by atoms with Gasteiger partial charge in [0.1, 0.15) is 0 Å². The molecule has 0 aliphatic heterocycles. The molecule has 0 bridgehead atoms. The Morgan fingerprint density at radius 3 is 2.69 bits per heavy atom. The summed E-state index contributed by atoms with van der Waals surface area (Å²) in [5.41, 5.74) is 5.36. The number of nitrogens with two attached hydrogens (primary N) is 1. The lowest BCUT2D eigenvalue weighted by Crippen LogP contribution is -2.31. The fourth-order valence-electron chi connectivity index (χ4n) is 1.37. The van der Waals surface area contributed by atoms with E-state index in [1.54, 1.807) is 4.90 Å². The maximum atomic E-state index is 11.6. The molecule has 0 atom stereocenters. The van der Waals surface area contributed by atoms with Crippen LogP contribution in [0.1, 0.15) is 20.3 Å². The highest BCUT2D eigenvalue weighted by Gasteiger charge is 2.09. The molecule has 0 aliphatic rings. The van der Waals surface area contributed by atoms with Crippen LogP contribution in [0.4, 0.5) is 11.9 Å². The Balaban J connectivity index is 2.27. The van der Waals surface area contributed by atoms with Crippen molar-refractivity contribution in [2.45, 2.75) is 20.3 Å². The zero-order valence-corrected chi connectivity index (χ0v) is 9.66. The maximum absolute atomic E-state index is 11.6. The van der Waals surface area contributed by atoms with Gasteiger partial charge in [-0.1, -0.05) is 0 Å². The van der Waals surface area contributed by atoms with Crippen molar-refractivity contribution in [1.82, 2.24) is 20.1 Å². The van der Waals surface area contributed by atoms with Crippen molar-refractivity contribution >= 4 is 17.8 Å². The molecule has 1 aromatic heterocycles. The highest BCUT2D eigenvalue weighted by Crippen LogP contribution is 2.00. The van der Waals surface area contributed by atoms with E-state index < -0.39 is 0 Å². The normalized spacial score (nSPS) is 10.1. The topological polar surface area (TPSA) is 99.9 Å². The van der Waals surface area contributed by atoms with E-state index in [1.165, 1.54) is 0 Å². The number of carbonyl (C=O) groups excluding carboxylic acids is 1. The highest BCUT2D eigenvalue weighted by atomic mass is 16.2. The molecule has 16 heavy (non-hydrogen) atoms. The maximum Gasteiger partial charge on any atom is 0.243 e. The van der Waals surface area contributed by atoms with E-state index in [2.05, 4.69) is 20.5 Å². The van der Waals surface area contributed by atoms with E-state index in [-0.39, 0.29) is 11.9 Å². The third kappa shape index (κ3) is 3.41. The monoisotopic (exact) mass is 226 g/mol. The Bertz CT molecular complexity index is 332. The lowest BCUT2D eigenvalue weighted by Gasteiger charge is -2.18. The Morgan fingerprint density at radius 2 is 2.19 bits per heavy atom. The Morgan fingerprint density at radius 1 is 1.50 bits per heavy atom. The van der Waals surface area contributed by atoms with Gasteiger partial charge < -0.3 is 16.0 Å². The summed E-state index contributed by atoms with van der Waals surface area (Å²) in [4.78, 5) is 17.3. The molecule has 7 nitrogen and oxygen atoms in total. The van der Waals surface area contributed by atoms with Gasteiger partial charge >= 0.3 is 0 Å². The van der Waals surface area contributed by atoms with Gasteiger partial charge in [-0.15, -0.1) is 5.10 Å². The number of H-pyrrole nitrogens is 1. The minimum Gasteiger partial charge on any atom is -0.368 e. The summed E-state index contributed by atoms with van der Waals surface area (Å²) < 4.78 is 0. The summed E-state index contributed by atoms with van der Waals surface area (Å²) >= 11 is 0. The van der Waals surface area contributed by atoms with Crippen LogP contribution in [0, 0.1) is 0 Å². The van der Waals surface area contributed by atoms with Crippen LogP contribution >= 0.6 is 0 Å². The summed E-state index contributed by atoms with van der Waals surface area (Å²) in [6.07, 6.45) is 0.427. The van der Waals surface area contributed by atoms with E-state index in [9.17, 15) is 4.79 Å².